The zero-order valence-corrected chi connectivity index (χ0v) is 12.2. The van der Waals surface area contributed by atoms with Gasteiger partial charge in [-0.25, -0.2) is 0 Å². The molecule has 0 aliphatic carbocycles. The molecule has 0 amide bonds. The van der Waals surface area contributed by atoms with Gasteiger partial charge in [-0.3, -0.25) is 4.18 Å². The van der Waals surface area contributed by atoms with Crippen molar-refractivity contribution in [3.8, 4) is 11.5 Å². The quantitative estimate of drug-likeness (QED) is 0.779. The van der Waals surface area contributed by atoms with Gasteiger partial charge in [0, 0.05) is 11.6 Å². The van der Waals surface area contributed by atoms with Crippen LogP contribution in [0.15, 0.2) is 6.07 Å². The van der Waals surface area contributed by atoms with Crippen molar-refractivity contribution in [1.82, 2.24) is 0 Å². The number of hydrogen-bond donors (Lipinski definition) is 0. The van der Waals surface area contributed by atoms with E-state index in [1.807, 2.05) is 0 Å². The van der Waals surface area contributed by atoms with E-state index in [9.17, 15) is 8.42 Å². The zero-order valence-electron chi connectivity index (χ0n) is 10.6. The largest absolute Gasteiger partial charge is 0.496 e. The molecule has 1 aromatic rings. The second-order valence-corrected chi connectivity index (χ2v) is 5.69. The lowest BCUT2D eigenvalue weighted by Crippen LogP contribution is -2.06. The van der Waals surface area contributed by atoms with Gasteiger partial charge in [-0.05, 0) is 12.5 Å². The lowest BCUT2D eigenvalue weighted by molar-refractivity contribution is 0.308. The fourth-order valence-electron chi connectivity index (χ4n) is 1.45. The highest BCUT2D eigenvalue weighted by Crippen LogP contribution is 2.37. The second-order valence-electron chi connectivity index (χ2n) is 3.66. The summed E-state index contributed by atoms with van der Waals surface area (Å²) in [5.41, 5.74) is 1.24. The number of halogens is 1. The second kappa shape index (κ2) is 5.77. The molecule has 0 N–H and O–H groups in total. The molecule has 0 atom stereocenters. The van der Waals surface area contributed by atoms with Gasteiger partial charge in [0.25, 0.3) is 10.1 Å². The maximum absolute atomic E-state index is 11.0. The van der Waals surface area contributed by atoms with Crippen LogP contribution in [0.2, 0.25) is 5.02 Å². The maximum Gasteiger partial charge on any atom is 0.264 e. The van der Waals surface area contributed by atoms with E-state index >= 15 is 0 Å². The molecule has 5 nitrogen and oxygen atoms in total. The Hall–Kier alpha value is -0.980. The minimum atomic E-state index is -3.54. The van der Waals surface area contributed by atoms with Crippen LogP contribution < -0.4 is 9.47 Å². The van der Waals surface area contributed by atoms with Crippen LogP contribution in [0.3, 0.4) is 0 Å². The van der Waals surface area contributed by atoms with Gasteiger partial charge in [-0.1, -0.05) is 11.6 Å². The Morgan fingerprint density at radius 2 is 1.78 bits per heavy atom. The van der Waals surface area contributed by atoms with E-state index in [0.29, 0.717) is 27.6 Å². The molecule has 102 valence electrons. The van der Waals surface area contributed by atoms with E-state index in [4.69, 9.17) is 25.3 Å². The Labute approximate surface area is 112 Å². The summed E-state index contributed by atoms with van der Waals surface area (Å²) in [5.74, 6) is 0.967. The lowest BCUT2D eigenvalue weighted by Gasteiger charge is -2.15. The topological polar surface area (TPSA) is 61.8 Å². The number of ether oxygens (including phenoxy) is 2. The molecule has 0 spiro atoms. The summed E-state index contributed by atoms with van der Waals surface area (Å²) in [4.78, 5) is 0. The molecule has 0 fully saturated rings. The fraction of sp³-hybridized carbons (Fsp3) is 0.455. The molecule has 7 heteroatoms. The highest BCUT2D eigenvalue weighted by atomic mass is 35.5. The third-order valence-corrected chi connectivity index (χ3v) is 3.38. The monoisotopic (exact) mass is 294 g/mol. The fourth-order valence-corrected chi connectivity index (χ4v) is 2.11. The molecular weight excluding hydrogens is 280 g/mol. The van der Waals surface area contributed by atoms with Crippen LogP contribution in [-0.4, -0.2) is 28.9 Å². The summed E-state index contributed by atoms with van der Waals surface area (Å²) >= 11 is 6.12. The van der Waals surface area contributed by atoms with E-state index in [1.165, 1.54) is 14.2 Å². The van der Waals surface area contributed by atoms with Crippen molar-refractivity contribution < 1.29 is 22.1 Å². The Morgan fingerprint density at radius 1 is 1.22 bits per heavy atom. The first kappa shape index (κ1) is 15.1. The highest BCUT2D eigenvalue weighted by Gasteiger charge is 2.17. The SMILES string of the molecule is COc1cc(OC)c(Cl)c(COS(C)(=O)=O)c1C. The summed E-state index contributed by atoms with van der Waals surface area (Å²) < 4.78 is 37.0. The van der Waals surface area contributed by atoms with Gasteiger partial charge in [0.2, 0.25) is 0 Å². The van der Waals surface area contributed by atoms with E-state index in [0.717, 1.165) is 6.26 Å². The van der Waals surface area contributed by atoms with Crippen molar-refractivity contribution in [1.29, 1.82) is 0 Å². The lowest BCUT2D eigenvalue weighted by atomic mass is 10.1. The molecule has 0 bridgehead atoms. The van der Waals surface area contributed by atoms with Crippen molar-refractivity contribution in [2.24, 2.45) is 0 Å². The van der Waals surface area contributed by atoms with Gasteiger partial charge in [0.15, 0.2) is 0 Å². The minimum absolute atomic E-state index is 0.156. The van der Waals surface area contributed by atoms with Crippen LogP contribution in [0.5, 0.6) is 11.5 Å². The van der Waals surface area contributed by atoms with Gasteiger partial charge in [0.1, 0.15) is 11.5 Å². The molecule has 0 unspecified atom stereocenters. The zero-order chi connectivity index (χ0) is 13.9. The van der Waals surface area contributed by atoms with Crippen LogP contribution in [0.1, 0.15) is 11.1 Å². The van der Waals surface area contributed by atoms with Crippen molar-refractivity contribution in [3.05, 3.63) is 22.2 Å². The van der Waals surface area contributed by atoms with Gasteiger partial charge in [-0.2, -0.15) is 8.42 Å². The number of methoxy groups -OCH3 is 2. The van der Waals surface area contributed by atoms with E-state index in [2.05, 4.69) is 0 Å². The average Bonchev–Trinajstić information content (AvgIpc) is 2.28. The first-order chi connectivity index (χ1) is 8.30. The predicted octanol–water partition coefficient (Wildman–Crippen LogP) is 2.14. The standard InChI is InChI=1S/C11H15ClO5S/c1-7-8(6-17-18(4,13)14)11(12)10(16-3)5-9(7)15-2/h5H,6H2,1-4H3. The Kier molecular flexibility index (Phi) is 4.84. The third kappa shape index (κ3) is 3.51. The molecular formula is C11H15ClO5S. The van der Waals surface area contributed by atoms with Gasteiger partial charge < -0.3 is 9.47 Å². The summed E-state index contributed by atoms with van der Waals surface area (Å²) in [6, 6.07) is 1.64. The van der Waals surface area contributed by atoms with Crippen LogP contribution in [0, 0.1) is 6.92 Å². The number of rotatable bonds is 5. The van der Waals surface area contributed by atoms with E-state index < -0.39 is 10.1 Å². The normalized spacial score (nSPS) is 11.4. The summed E-state index contributed by atoms with van der Waals surface area (Å²) in [5, 5.41) is 0.319. The van der Waals surface area contributed by atoms with Crippen LogP contribution >= 0.6 is 11.6 Å². The number of hydrogen-bond acceptors (Lipinski definition) is 5. The van der Waals surface area contributed by atoms with Crippen molar-refractivity contribution >= 4 is 21.7 Å². The minimum Gasteiger partial charge on any atom is -0.496 e. The maximum atomic E-state index is 11.0. The van der Waals surface area contributed by atoms with Crippen LogP contribution in [0.25, 0.3) is 0 Å². The third-order valence-electron chi connectivity index (χ3n) is 2.42. The molecule has 0 heterocycles. The first-order valence-corrected chi connectivity index (χ1v) is 7.24. The molecule has 0 aliphatic heterocycles. The van der Waals surface area contributed by atoms with Crippen molar-refractivity contribution in [2.75, 3.05) is 20.5 Å². The molecule has 0 saturated heterocycles. The van der Waals surface area contributed by atoms with Gasteiger partial charge in [-0.15, -0.1) is 0 Å². The Balaban J connectivity index is 3.23. The van der Waals surface area contributed by atoms with E-state index in [1.54, 1.807) is 13.0 Å². The Bertz CT molecular complexity index is 511. The molecule has 18 heavy (non-hydrogen) atoms. The molecule has 0 aliphatic rings. The summed E-state index contributed by atoms with van der Waals surface area (Å²) in [6.07, 6.45) is 0.980. The van der Waals surface area contributed by atoms with Crippen LogP contribution in [0.4, 0.5) is 0 Å². The van der Waals surface area contributed by atoms with Gasteiger partial charge in [0.05, 0.1) is 32.1 Å². The Morgan fingerprint density at radius 3 is 2.22 bits per heavy atom. The predicted molar refractivity (Wildman–Crippen MR) is 68.9 cm³/mol. The molecule has 0 saturated carbocycles. The van der Waals surface area contributed by atoms with Crippen molar-refractivity contribution in [2.45, 2.75) is 13.5 Å². The molecule has 1 rings (SSSR count). The van der Waals surface area contributed by atoms with Crippen molar-refractivity contribution in [3.63, 3.8) is 0 Å². The first-order valence-electron chi connectivity index (χ1n) is 5.04. The smallest absolute Gasteiger partial charge is 0.264 e. The number of benzene rings is 1. The highest BCUT2D eigenvalue weighted by molar-refractivity contribution is 7.85. The van der Waals surface area contributed by atoms with Crippen LogP contribution in [-0.2, 0) is 20.9 Å². The molecule has 0 radical (unpaired) electrons. The van der Waals surface area contributed by atoms with E-state index in [-0.39, 0.29) is 6.61 Å². The summed E-state index contributed by atoms with van der Waals surface area (Å²) in [6.45, 7) is 1.61. The average molecular weight is 295 g/mol. The van der Waals surface area contributed by atoms with Gasteiger partial charge >= 0.3 is 0 Å². The molecule has 0 aromatic heterocycles. The summed E-state index contributed by atoms with van der Waals surface area (Å²) in [7, 11) is -0.555. The molecule has 1 aromatic carbocycles.